The summed E-state index contributed by atoms with van der Waals surface area (Å²) in [7, 11) is 0. The van der Waals surface area contributed by atoms with Gasteiger partial charge in [0.15, 0.2) is 0 Å². The van der Waals surface area contributed by atoms with Crippen molar-refractivity contribution in [2.75, 3.05) is 6.54 Å². The molecule has 23 heavy (non-hydrogen) atoms. The van der Waals surface area contributed by atoms with Crippen LogP contribution in [0.25, 0.3) is 0 Å². The standard InChI is InChI=1S/C22H25N/c1-3-5-16-23-21(19-12-8-6-9-13-19)17-18(4-2)22(23)20-14-10-7-11-15-20/h3-15,18,21-22H,2,16-17H2,1H3. The van der Waals surface area contributed by atoms with Gasteiger partial charge >= 0.3 is 0 Å². The summed E-state index contributed by atoms with van der Waals surface area (Å²) >= 11 is 0. The van der Waals surface area contributed by atoms with Crippen molar-refractivity contribution < 1.29 is 0 Å². The quantitative estimate of drug-likeness (QED) is 0.654. The van der Waals surface area contributed by atoms with E-state index in [2.05, 4.69) is 97.3 Å². The monoisotopic (exact) mass is 303 g/mol. The number of rotatable bonds is 5. The van der Waals surface area contributed by atoms with Gasteiger partial charge in [0, 0.05) is 18.6 Å². The van der Waals surface area contributed by atoms with Gasteiger partial charge in [0.2, 0.25) is 0 Å². The summed E-state index contributed by atoms with van der Waals surface area (Å²) in [5.74, 6) is 0.480. The molecule has 2 aromatic carbocycles. The molecule has 3 unspecified atom stereocenters. The SMILES string of the molecule is C=CC1CC(c2ccccc2)N(CC=CC)C1c1ccccc1. The lowest BCUT2D eigenvalue weighted by molar-refractivity contribution is 0.209. The van der Waals surface area contributed by atoms with Crippen LogP contribution in [0.2, 0.25) is 0 Å². The summed E-state index contributed by atoms with van der Waals surface area (Å²) in [6.07, 6.45) is 7.68. The van der Waals surface area contributed by atoms with Gasteiger partial charge < -0.3 is 0 Å². The molecule has 0 radical (unpaired) electrons. The molecule has 1 fully saturated rings. The van der Waals surface area contributed by atoms with Crippen LogP contribution in [0.15, 0.2) is 85.5 Å². The van der Waals surface area contributed by atoms with Crippen molar-refractivity contribution in [3.8, 4) is 0 Å². The van der Waals surface area contributed by atoms with Gasteiger partial charge in [-0.3, -0.25) is 4.90 Å². The third kappa shape index (κ3) is 3.30. The third-order valence-electron chi connectivity index (χ3n) is 4.84. The minimum absolute atomic E-state index is 0.398. The molecule has 3 atom stereocenters. The Kier molecular flexibility index (Phi) is 5.09. The highest BCUT2D eigenvalue weighted by Crippen LogP contribution is 2.48. The number of hydrogen-bond acceptors (Lipinski definition) is 1. The van der Waals surface area contributed by atoms with Crippen LogP contribution in [-0.2, 0) is 0 Å². The molecular formula is C22H25N. The maximum Gasteiger partial charge on any atom is 0.0420 e. The Hall–Kier alpha value is -2.12. The van der Waals surface area contributed by atoms with Crippen molar-refractivity contribution in [1.82, 2.24) is 4.90 Å². The highest BCUT2D eigenvalue weighted by atomic mass is 15.2. The van der Waals surface area contributed by atoms with E-state index in [0.29, 0.717) is 18.0 Å². The van der Waals surface area contributed by atoms with Crippen LogP contribution in [-0.4, -0.2) is 11.4 Å². The first-order chi connectivity index (χ1) is 11.3. The molecule has 0 spiro atoms. The molecule has 0 aliphatic carbocycles. The lowest BCUT2D eigenvalue weighted by atomic mass is 9.92. The Morgan fingerprint density at radius 2 is 1.61 bits per heavy atom. The second-order valence-electron chi connectivity index (χ2n) is 6.18. The molecule has 0 bridgehead atoms. The molecule has 1 heterocycles. The van der Waals surface area contributed by atoms with Crippen molar-refractivity contribution in [2.24, 2.45) is 5.92 Å². The fraction of sp³-hybridized carbons (Fsp3) is 0.273. The summed E-state index contributed by atoms with van der Waals surface area (Å²) in [4.78, 5) is 2.62. The molecule has 1 heteroatoms. The molecule has 118 valence electrons. The van der Waals surface area contributed by atoms with Gasteiger partial charge in [-0.2, -0.15) is 0 Å². The summed E-state index contributed by atoms with van der Waals surface area (Å²) < 4.78 is 0. The van der Waals surface area contributed by atoms with Gasteiger partial charge in [-0.15, -0.1) is 6.58 Å². The van der Waals surface area contributed by atoms with Crippen LogP contribution in [0, 0.1) is 5.92 Å². The maximum atomic E-state index is 4.12. The average molecular weight is 303 g/mol. The summed E-state index contributed by atoms with van der Waals surface area (Å²) in [5.41, 5.74) is 2.79. The largest absolute Gasteiger partial charge is 0.285 e. The molecular weight excluding hydrogens is 278 g/mol. The second-order valence-corrected chi connectivity index (χ2v) is 6.18. The normalized spacial score (nSPS) is 25.0. The van der Waals surface area contributed by atoms with Crippen LogP contribution >= 0.6 is 0 Å². The van der Waals surface area contributed by atoms with Gasteiger partial charge in [0.1, 0.15) is 0 Å². The molecule has 1 nitrogen and oxygen atoms in total. The highest BCUT2D eigenvalue weighted by molar-refractivity contribution is 5.28. The molecule has 1 aliphatic rings. The van der Waals surface area contributed by atoms with Crippen LogP contribution in [0.4, 0.5) is 0 Å². The molecule has 0 saturated carbocycles. The Labute approximate surface area is 140 Å². The van der Waals surface area contributed by atoms with Crippen molar-refractivity contribution >= 4 is 0 Å². The molecule has 0 N–H and O–H groups in total. The number of hydrogen-bond donors (Lipinski definition) is 0. The number of benzene rings is 2. The topological polar surface area (TPSA) is 3.24 Å². The highest BCUT2D eigenvalue weighted by Gasteiger charge is 2.40. The smallest absolute Gasteiger partial charge is 0.0420 e. The van der Waals surface area contributed by atoms with E-state index < -0.39 is 0 Å². The van der Waals surface area contributed by atoms with Gasteiger partial charge in [0.05, 0.1) is 0 Å². The Bertz CT molecular complexity index is 644. The van der Waals surface area contributed by atoms with E-state index in [1.165, 1.54) is 11.1 Å². The number of allylic oxidation sites excluding steroid dienone is 1. The van der Waals surface area contributed by atoms with Crippen molar-refractivity contribution in [1.29, 1.82) is 0 Å². The first-order valence-electron chi connectivity index (χ1n) is 8.44. The third-order valence-corrected chi connectivity index (χ3v) is 4.84. The van der Waals surface area contributed by atoms with Gasteiger partial charge in [0.25, 0.3) is 0 Å². The molecule has 0 aromatic heterocycles. The average Bonchev–Trinajstić information content (AvgIpc) is 3.00. The summed E-state index contributed by atoms with van der Waals surface area (Å²) in [6.45, 7) is 7.18. The Morgan fingerprint density at radius 1 is 1.00 bits per heavy atom. The van der Waals surface area contributed by atoms with Crippen LogP contribution in [0.1, 0.15) is 36.6 Å². The predicted molar refractivity (Wildman–Crippen MR) is 98.2 cm³/mol. The van der Waals surface area contributed by atoms with E-state index in [9.17, 15) is 0 Å². The zero-order valence-corrected chi connectivity index (χ0v) is 13.8. The molecule has 1 aliphatic heterocycles. The van der Waals surface area contributed by atoms with Gasteiger partial charge in [-0.05, 0) is 30.4 Å². The van der Waals surface area contributed by atoms with Crippen molar-refractivity contribution in [3.63, 3.8) is 0 Å². The van der Waals surface area contributed by atoms with Crippen molar-refractivity contribution in [3.05, 3.63) is 96.6 Å². The van der Waals surface area contributed by atoms with Gasteiger partial charge in [-0.25, -0.2) is 0 Å². The van der Waals surface area contributed by atoms with E-state index >= 15 is 0 Å². The second kappa shape index (κ2) is 7.43. The molecule has 1 saturated heterocycles. The van der Waals surface area contributed by atoms with E-state index in [4.69, 9.17) is 0 Å². The first kappa shape index (κ1) is 15.8. The molecule has 0 amide bonds. The minimum atomic E-state index is 0.398. The maximum absolute atomic E-state index is 4.12. The summed E-state index contributed by atoms with van der Waals surface area (Å²) in [6, 6.07) is 22.6. The van der Waals surface area contributed by atoms with E-state index in [-0.39, 0.29) is 0 Å². The predicted octanol–water partition coefficient (Wildman–Crippen LogP) is 5.55. The zero-order chi connectivity index (χ0) is 16.1. The molecule has 3 rings (SSSR count). The minimum Gasteiger partial charge on any atom is -0.285 e. The lowest BCUT2D eigenvalue weighted by Crippen LogP contribution is -2.27. The first-order valence-corrected chi connectivity index (χ1v) is 8.44. The number of likely N-dealkylation sites (tertiary alicyclic amines) is 1. The fourth-order valence-electron chi connectivity index (χ4n) is 3.75. The van der Waals surface area contributed by atoms with Crippen LogP contribution in [0.5, 0.6) is 0 Å². The Morgan fingerprint density at radius 3 is 2.17 bits per heavy atom. The van der Waals surface area contributed by atoms with Crippen LogP contribution < -0.4 is 0 Å². The number of nitrogens with zero attached hydrogens (tertiary/aromatic N) is 1. The van der Waals surface area contributed by atoms with E-state index in [1.807, 2.05) is 0 Å². The lowest BCUT2D eigenvalue weighted by Gasteiger charge is -2.31. The van der Waals surface area contributed by atoms with Gasteiger partial charge in [-0.1, -0.05) is 78.9 Å². The van der Waals surface area contributed by atoms with Crippen molar-refractivity contribution in [2.45, 2.75) is 25.4 Å². The fourth-order valence-corrected chi connectivity index (χ4v) is 3.75. The van der Waals surface area contributed by atoms with E-state index in [1.54, 1.807) is 0 Å². The zero-order valence-electron chi connectivity index (χ0n) is 13.8. The van der Waals surface area contributed by atoms with Crippen LogP contribution in [0.3, 0.4) is 0 Å². The molecule has 2 aromatic rings. The van der Waals surface area contributed by atoms with E-state index in [0.717, 1.165) is 13.0 Å². The Balaban J connectivity index is 1.99. The summed E-state index contributed by atoms with van der Waals surface area (Å²) in [5, 5.41) is 0.